The molecule has 22 heavy (non-hydrogen) atoms. The van der Waals surface area contributed by atoms with Gasteiger partial charge in [-0.15, -0.1) is 0 Å². The Balaban J connectivity index is 1.77. The van der Waals surface area contributed by atoms with Crippen molar-refractivity contribution in [2.24, 2.45) is 0 Å². The number of thioether (sulfide) groups is 2. The first-order valence-electron chi connectivity index (χ1n) is 6.27. The molecule has 0 unspecified atom stereocenters. The summed E-state index contributed by atoms with van der Waals surface area (Å²) in [5.74, 6) is -1.16. The molecule has 0 spiro atoms. The Bertz CT molecular complexity index is 752. The quantitative estimate of drug-likeness (QED) is 0.402. The van der Waals surface area contributed by atoms with Gasteiger partial charge in [-0.2, -0.15) is 0 Å². The highest BCUT2D eigenvalue weighted by Crippen LogP contribution is 2.36. The fourth-order valence-electron chi connectivity index (χ4n) is 1.93. The summed E-state index contributed by atoms with van der Waals surface area (Å²) < 4.78 is 12.8. The zero-order valence-electron chi connectivity index (χ0n) is 11.4. The molecule has 0 fully saturated rings. The van der Waals surface area contributed by atoms with E-state index in [9.17, 15) is 14.0 Å². The Hall–Kier alpha value is -1.93. The van der Waals surface area contributed by atoms with Crippen molar-refractivity contribution in [3.05, 3.63) is 41.8 Å². The number of rotatable bonds is 3. The smallest absolute Gasteiger partial charge is 0.245 e. The second-order valence-corrected chi connectivity index (χ2v) is 6.30. The van der Waals surface area contributed by atoms with Crippen LogP contribution in [0.3, 0.4) is 0 Å². The lowest BCUT2D eigenvalue weighted by molar-refractivity contribution is -0.115. The molecule has 3 rings (SSSR count). The van der Waals surface area contributed by atoms with Gasteiger partial charge in [0, 0.05) is 11.9 Å². The van der Waals surface area contributed by atoms with Gasteiger partial charge in [-0.3, -0.25) is 9.59 Å². The SMILES string of the molecule is CSc1ncc2c(n1)S[C@@H](C(=O)Nc1ccc(F)cc1)C2=O. The monoisotopic (exact) mass is 335 g/mol. The molecule has 1 aromatic heterocycles. The first-order valence-corrected chi connectivity index (χ1v) is 8.37. The van der Waals surface area contributed by atoms with Crippen LogP contribution < -0.4 is 5.32 Å². The second kappa shape index (κ2) is 6.05. The van der Waals surface area contributed by atoms with Crippen LogP contribution in [0.2, 0.25) is 0 Å². The lowest BCUT2D eigenvalue weighted by Crippen LogP contribution is -2.29. The van der Waals surface area contributed by atoms with Crippen LogP contribution in [-0.2, 0) is 4.79 Å². The Morgan fingerprint density at radius 2 is 2.09 bits per heavy atom. The number of anilines is 1. The van der Waals surface area contributed by atoms with Gasteiger partial charge in [0.15, 0.2) is 16.2 Å². The summed E-state index contributed by atoms with van der Waals surface area (Å²) in [5.41, 5.74) is 0.800. The number of Topliss-reactive ketones (excluding diaryl/α,β-unsaturated/α-hetero) is 1. The molecule has 1 atom stereocenters. The summed E-state index contributed by atoms with van der Waals surface area (Å²) in [4.78, 5) is 32.8. The average molecular weight is 335 g/mol. The van der Waals surface area contributed by atoms with Gasteiger partial charge in [0.05, 0.1) is 5.56 Å². The van der Waals surface area contributed by atoms with Crippen LogP contribution in [-0.4, -0.2) is 33.2 Å². The molecule has 0 radical (unpaired) electrons. The van der Waals surface area contributed by atoms with Gasteiger partial charge in [0.1, 0.15) is 10.8 Å². The van der Waals surface area contributed by atoms with Crippen LogP contribution in [0.25, 0.3) is 0 Å². The topological polar surface area (TPSA) is 72.0 Å². The molecule has 0 saturated heterocycles. The Kier molecular flexibility index (Phi) is 4.12. The molecule has 0 aliphatic carbocycles. The lowest BCUT2D eigenvalue weighted by Gasteiger charge is -2.08. The highest BCUT2D eigenvalue weighted by Gasteiger charge is 2.38. The molecule has 2 aromatic rings. The largest absolute Gasteiger partial charge is 0.325 e. The summed E-state index contributed by atoms with van der Waals surface area (Å²) in [6, 6.07) is 5.36. The average Bonchev–Trinajstić information content (AvgIpc) is 2.86. The lowest BCUT2D eigenvalue weighted by atomic mass is 10.1. The number of hydrogen-bond donors (Lipinski definition) is 1. The summed E-state index contributed by atoms with van der Waals surface area (Å²) >= 11 is 2.47. The van der Waals surface area contributed by atoms with Crippen LogP contribution in [0.1, 0.15) is 10.4 Å². The van der Waals surface area contributed by atoms with Crippen molar-refractivity contribution in [3.63, 3.8) is 0 Å². The Morgan fingerprint density at radius 1 is 1.36 bits per heavy atom. The number of aromatic nitrogens is 2. The molecule has 1 aliphatic rings. The van der Waals surface area contributed by atoms with E-state index in [1.54, 1.807) is 0 Å². The van der Waals surface area contributed by atoms with E-state index in [4.69, 9.17) is 0 Å². The third-order valence-electron chi connectivity index (χ3n) is 3.00. The maximum atomic E-state index is 12.8. The molecule has 0 saturated carbocycles. The minimum absolute atomic E-state index is 0.313. The van der Waals surface area contributed by atoms with Gasteiger partial charge in [-0.25, -0.2) is 14.4 Å². The van der Waals surface area contributed by atoms with Crippen molar-refractivity contribution in [3.8, 4) is 0 Å². The third-order valence-corrected chi connectivity index (χ3v) is 4.76. The van der Waals surface area contributed by atoms with Crippen molar-refractivity contribution in [2.45, 2.75) is 15.4 Å². The predicted octanol–water partition coefficient (Wildman–Crippen LogP) is 2.63. The molecule has 1 amide bonds. The normalized spacial score (nSPS) is 16.5. The molecule has 112 valence electrons. The van der Waals surface area contributed by atoms with Crippen molar-refractivity contribution in [1.82, 2.24) is 9.97 Å². The number of benzene rings is 1. The number of nitrogens with zero attached hydrogens (tertiary/aromatic N) is 2. The van der Waals surface area contributed by atoms with E-state index in [0.717, 1.165) is 11.8 Å². The number of fused-ring (bicyclic) bond motifs is 1. The van der Waals surface area contributed by atoms with Crippen molar-refractivity contribution >= 4 is 40.9 Å². The van der Waals surface area contributed by atoms with E-state index in [1.165, 1.54) is 42.2 Å². The molecular formula is C14H10FN3O2S2. The summed E-state index contributed by atoms with van der Waals surface area (Å²) in [6.45, 7) is 0. The minimum Gasteiger partial charge on any atom is -0.325 e. The van der Waals surface area contributed by atoms with Gasteiger partial charge >= 0.3 is 0 Å². The zero-order valence-corrected chi connectivity index (χ0v) is 13.0. The molecule has 1 N–H and O–H groups in total. The molecule has 1 aliphatic heterocycles. The van der Waals surface area contributed by atoms with Gasteiger partial charge in [0.2, 0.25) is 5.91 Å². The third kappa shape index (κ3) is 2.84. The highest BCUT2D eigenvalue weighted by molar-refractivity contribution is 8.02. The van der Waals surface area contributed by atoms with E-state index in [2.05, 4.69) is 15.3 Å². The molecule has 1 aromatic carbocycles. The summed E-state index contributed by atoms with van der Waals surface area (Å²) in [6.07, 6.45) is 3.29. The van der Waals surface area contributed by atoms with Crippen LogP contribution in [0.4, 0.5) is 10.1 Å². The van der Waals surface area contributed by atoms with Crippen molar-refractivity contribution in [1.29, 1.82) is 0 Å². The maximum absolute atomic E-state index is 12.8. The summed E-state index contributed by atoms with van der Waals surface area (Å²) in [7, 11) is 0. The van der Waals surface area contributed by atoms with E-state index in [0.29, 0.717) is 21.4 Å². The van der Waals surface area contributed by atoms with Gasteiger partial charge < -0.3 is 5.32 Å². The first kappa shape index (κ1) is 15.0. The van der Waals surface area contributed by atoms with Gasteiger partial charge in [0.25, 0.3) is 0 Å². The highest BCUT2D eigenvalue weighted by atomic mass is 32.2. The van der Waals surface area contributed by atoms with Gasteiger partial charge in [-0.05, 0) is 30.5 Å². The fraction of sp³-hybridized carbons (Fsp3) is 0.143. The molecule has 2 heterocycles. The van der Waals surface area contributed by atoms with E-state index < -0.39 is 17.0 Å². The maximum Gasteiger partial charge on any atom is 0.245 e. The van der Waals surface area contributed by atoms with Crippen molar-refractivity contribution in [2.75, 3.05) is 11.6 Å². The number of halogens is 1. The molecular weight excluding hydrogens is 325 g/mol. The Morgan fingerprint density at radius 3 is 2.77 bits per heavy atom. The van der Waals surface area contributed by atoms with E-state index >= 15 is 0 Å². The van der Waals surface area contributed by atoms with Crippen LogP contribution in [0.5, 0.6) is 0 Å². The van der Waals surface area contributed by atoms with Crippen LogP contribution >= 0.6 is 23.5 Å². The number of amides is 1. The van der Waals surface area contributed by atoms with Crippen LogP contribution in [0, 0.1) is 5.82 Å². The van der Waals surface area contributed by atoms with E-state index in [1.807, 2.05) is 6.26 Å². The number of nitrogens with one attached hydrogen (secondary N) is 1. The molecule has 0 bridgehead atoms. The minimum atomic E-state index is -0.897. The predicted molar refractivity (Wildman–Crippen MR) is 82.8 cm³/mol. The van der Waals surface area contributed by atoms with Gasteiger partial charge in [-0.1, -0.05) is 23.5 Å². The number of carbonyl (C=O) groups is 2. The standard InChI is InChI=1S/C14H10FN3O2S2/c1-21-14-16-6-9-10(19)11(22-13(9)18-14)12(20)17-8-4-2-7(15)3-5-8/h2-6,11H,1H3,(H,17,20)/t11-/m1/s1. The zero-order chi connectivity index (χ0) is 15.7. The van der Waals surface area contributed by atoms with E-state index in [-0.39, 0.29) is 5.78 Å². The molecule has 5 nitrogen and oxygen atoms in total. The second-order valence-electron chi connectivity index (χ2n) is 4.43. The Labute approximate surface area is 134 Å². The first-order chi connectivity index (χ1) is 10.6. The summed E-state index contributed by atoms with van der Waals surface area (Å²) in [5, 5.41) is 2.78. The number of carbonyl (C=O) groups excluding carboxylic acids is 2. The van der Waals surface area contributed by atoms with Crippen LogP contribution in [0.15, 0.2) is 40.6 Å². The number of hydrogen-bond acceptors (Lipinski definition) is 6. The number of ketones is 1. The fourth-order valence-corrected chi connectivity index (χ4v) is 3.37. The van der Waals surface area contributed by atoms with Crippen molar-refractivity contribution < 1.29 is 14.0 Å². The molecule has 8 heteroatoms.